The number of hydrogen-bond donors (Lipinski definition) is 2. The van der Waals surface area contributed by atoms with Crippen molar-refractivity contribution in [2.24, 2.45) is 0 Å². The van der Waals surface area contributed by atoms with Gasteiger partial charge in [-0.1, -0.05) is 30.3 Å². The Hall–Kier alpha value is -2.13. The SMILES string of the molecule is CC1(C)OCC(CCc2ccc(OCCCc3cccc(C4CC4)c3)c(C(F)(F)F)c2)(NO)CO1. The van der Waals surface area contributed by atoms with Gasteiger partial charge in [0.05, 0.1) is 30.9 Å². The summed E-state index contributed by atoms with van der Waals surface area (Å²) in [6, 6.07) is 12.6. The molecule has 2 N–H and O–H groups in total. The van der Waals surface area contributed by atoms with E-state index in [9.17, 15) is 18.4 Å². The Labute approximate surface area is 204 Å². The lowest BCUT2D eigenvalue weighted by Crippen LogP contribution is -2.58. The average molecular weight is 494 g/mol. The van der Waals surface area contributed by atoms with E-state index in [0.29, 0.717) is 30.7 Å². The van der Waals surface area contributed by atoms with E-state index >= 15 is 0 Å². The fourth-order valence-electron chi connectivity index (χ4n) is 4.31. The van der Waals surface area contributed by atoms with Crippen LogP contribution in [0.15, 0.2) is 42.5 Å². The van der Waals surface area contributed by atoms with Gasteiger partial charge in [0.1, 0.15) is 5.75 Å². The van der Waals surface area contributed by atoms with Crippen molar-refractivity contribution in [3.05, 3.63) is 64.7 Å². The van der Waals surface area contributed by atoms with Gasteiger partial charge in [-0.05, 0) is 87.1 Å². The number of hydroxylamine groups is 1. The molecular weight excluding hydrogens is 459 g/mol. The summed E-state index contributed by atoms with van der Waals surface area (Å²) in [4.78, 5) is 0. The fourth-order valence-corrected chi connectivity index (χ4v) is 4.31. The van der Waals surface area contributed by atoms with Crippen LogP contribution in [0.1, 0.15) is 67.7 Å². The highest BCUT2D eigenvalue weighted by atomic mass is 19.4. The van der Waals surface area contributed by atoms with Crippen molar-refractivity contribution in [3.8, 4) is 5.75 Å². The van der Waals surface area contributed by atoms with E-state index in [1.165, 1.54) is 30.0 Å². The van der Waals surface area contributed by atoms with E-state index in [0.717, 1.165) is 12.5 Å². The van der Waals surface area contributed by atoms with Crippen molar-refractivity contribution < 1.29 is 32.6 Å². The van der Waals surface area contributed by atoms with Crippen LogP contribution < -0.4 is 10.2 Å². The molecule has 35 heavy (non-hydrogen) atoms. The van der Waals surface area contributed by atoms with Crippen molar-refractivity contribution in [1.29, 1.82) is 0 Å². The Morgan fingerprint density at radius 3 is 2.40 bits per heavy atom. The predicted octanol–water partition coefficient (Wildman–Crippen LogP) is 6.03. The summed E-state index contributed by atoms with van der Waals surface area (Å²) in [5.74, 6) is -0.246. The Bertz CT molecular complexity index is 994. The summed E-state index contributed by atoms with van der Waals surface area (Å²) >= 11 is 0. The lowest BCUT2D eigenvalue weighted by atomic mass is 9.92. The van der Waals surface area contributed by atoms with Gasteiger partial charge in [-0.3, -0.25) is 0 Å². The zero-order valence-electron chi connectivity index (χ0n) is 20.3. The summed E-state index contributed by atoms with van der Waals surface area (Å²) in [5, 5.41) is 9.66. The molecule has 0 spiro atoms. The summed E-state index contributed by atoms with van der Waals surface area (Å²) in [6.07, 6.45) is -0.0121. The van der Waals surface area contributed by atoms with Gasteiger partial charge in [-0.15, -0.1) is 0 Å². The van der Waals surface area contributed by atoms with E-state index < -0.39 is 23.1 Å². The van der Waals surface area contributed by atoms with Gasteiger partial charge < -0.3 is 19.4 Å². The van der Waals surface area contributed by atoms with Gasteiger partial charge in [-0.2, -0.15) is 18.7 Å². The highest BCUT2D eigenvalue weighted by Crippen LogP contribution is 2.40. The third-order valence-corrected chi connectivity index (χ3v) is 6.74. The average Bonchev–Trinajstić information content (AvgIpc) is 3.67. The molecule has 1 aliphatic carbocycles. The van der Waals surface area contributed by atoms with Crippen molar-refractivity contribution in [2.75, 3.05) is 19.8 Å². The molecule has 5 nitrogen and oxygen atoms in total. The van der Waals surface area contributed by atoms with E-state index in [-0.39, 0.29) is 25.6 Å². The largest absolute Gasteiger partial charge is 0.493 e. The second-order valence-corrected chi connectivity index (χ2v) is 10.2. The minimum Gasteiger partial charge on any atom is -0.493 e. The molecule has 4 rings (SSSR count). The third kappa shape index (κ3) is 6.97. The summed E-state index contributed by atoms with van der Waals surface area (Å²) in [6.45, 7) is 4.13. The molecule has 1 heterocycles. The summed E-state index contributed by atoms with van der Waals surface area (Å²) in [7, 11) is 0. The lowest BCUT2D eigenvalue weighted by molar-refractivity contribution is -0.282. The first-order valence-electron chi connectivity index (χ1n) is 12.2. The predicted molar refractivity (Wildman–Crippen MR) is 126 cm³/mol. The van der Waals surface area contributed by atoms with Gasteiger partial charge in [0.15, 0.2) is 5.79 Å². The lowest BCUT2D eigenvalue weighted by Gasteiger charge is -2.42. The van der Waals surface area contributed by atoms with Crippen LogP contribution in [0.2, 0.25) is 0 Å². The molecule has 1 saturated carbocycles. The van der Waals surface area contributed by atoms with E-state index in [2.05, 4.69) is 23.7 Å². The first-order chi connectivity index (χ1) is 16.6. The fraction of sp³-hybridized carbons (Fsp3) is 0.556. The van der Waals surface area contributed by atoms with Gasteiger partial charge in [-0.25, -0.2) is 0 Å². The molecule has 192 valence electrons. The molecule has 2 aliphatic rings. The molecule has 8 heteroatoms. The number of hydrogen-bond acceptors (Lipinski definition) is 5. The van der Waals surface area contributed by atoms with Crippen LogP contribution >= 0.6 is 0 Å². The zero-order chi connectivity index (χ0) is 25.1. The third-order valence-electron chi connectivity index (χ3n) is 6.74. The van der Waals surface area contributed by atoms with Crippen molar-refractivity contribution in [2.45, 2.75) is 75.8 Å². The highest BCUT2D eigenvalue weighted by Gasteiger charge is 2.40. The van der Waals surface area contributed by atoms with Crippen LogP contribution in [-0.2, 0) is 28.5 Å². The van der Waals surface area contributed by atoms with Crippen LogP contribution in [-0.4, -0.2) is 36.4 Å². The topological polar surface area (TPSA) is 60.0 Å². The Morgan fingerprint density at radius 2 is 1.74 bits per heavy atom. The molecule has 2 fully saturated rings. The first-order valence-corrected chi connectivity index (χ1v) is 12.2. The van der Waals surface area contributed by atoms with Crippen molar-refractivity contribution in [1.82, 2.24) is 5.48 Å². The zero-order valence-corrected chi connectivity index (χ0v) is 20.3. The summed E-state index contributed by atoms with van der Waals surface area (Å²) in [5.41, 5.74) is 3.63. The van der Waals surface area contributed by atoms with Crippen LogP contribution in [0.3, 0.4) is 0 Å². The highest BCUT2D eigenvalue weighted by molar-refractivity contribution is 5.39. The van der Waals surface area contributed by atoms with E-state index in [4.69, 9.17) is 14.2 Å². The summed E-state index contributed by atoms with van der Waals surface area (Å²) < 4.78 is 58.2. The molecule has 0 amide bonds. The Kier molecular flexibility index (Phi) is 7.76. The van der Waals surface area contributed by atoms with Crippen molar-refractivity contribution >= 4 is 0 Å². The number of ether oxygens (including phenoxy) is 3. The van der Waals surface area contributed by atoms with Gasteiger partial charge >= 0.3 is 6.18 Å². The van der Waals surface area contributed by atoms with Crippen LogP contribution in [0, 0.1) is 0 Å². The monoisotopic (exact) mass is 493 g/mol. The standard InChI is InChI=1S/C27H34F3NO4/c1-25(2)34-17-26(31-32,18-35-25)13-12-20-8-11-24(23(16-20)27(28,29)30)33-14-4-6-19-5-3-7-22(15-19)21-9-10-21/h3,5,7-8,11,15-16,21,31-32H,4,6,9-10,12-14,17-18H2,1-2H3. The smallest absolute Gasteiger partial charge is 0.419 e. The maximum Gasteiger partial charge on any atom is 0.419 e. The molecule has 2 aromatic rings. The van der Waals surface area contributed by atoms with Crippen molar-refractivity contribution in [3.63, 3.8) is 0 Å². The van der Waals surface area contributed by atoms with Crippen LogP contribution in [0.4, 0.5) is 13.2 Å². The Balaban J connectivity index is 1.34. The number of nitrogens with one attached hydrogen (secondary N) is 1. The van der Waals surface area contributed by atoms with E-state index in [1.54, 1.807) is 19.9 Å². The second kappa shape index (κ2) is 10.5. The van der Waals surface area contributed by atoms with Crippen LogP contribution in [0.5, 0.6) is 5.75 Å². The molecule has 0 unspecified atom stereocenters. The van der Waals surface area contributed by atoms with Gasteiger partial charge in [0.25, 0.3) is 0 Å². The maximum absolute atomic E-state index is 13.8. The molecule has 0 bridgehead atoms. The number of aryl methyl sites for hydroxylation is 2. The number of alkyl halides is 3. The maximum atomic E-state index is 13.8. The van der Waals surface area contributed by atoms with Gasteiger partial charge in [0, 0.05) is 0 Å². The van der Waals surface area contributed by atoms with Crippen LogP contribution in [0.25, 0.3) is 0 Å². The Morgan fingerprint density at radius 1 is 1.03 bits per heavy atom. The second-order valence-electron chi connectivity index (χ2n) is 10.2. The molecule has 0 aromatic heterocycles. The van der Waals surface area contributed by atoms with E-state index in [1.807, 2.05) is 6.07 Å². The first kappa shape index (κ1) is 25.9. The quantitative estimate of drug-likeness (QED) is 0.313. The minimum atomic E-state index is -4.53. The molecule has 0 radical (unpaired) electrons. The molecule has 1 aliphatic heterocycles. The molecular formula is C27H34F3NO4. The normalized spacial score (nSPS) is 19.5. The number of rotatable bonds is 10. The molecule has 2 aromatic carbocycles. The number of halogens is 3. The molecule has 0 atom stereocenters. The molecule has 1 saturated heterocycles. The minimum absolute atomic E-state index is 0.158. The number of benzene rings is 2. The van der Waals surface area contributed by atoms with Gasteiger partial charge in [0.2, 0.25) is 0 Å².